The Balaban J connectivity index is 2.44. The van der Waals surface area contributed by atoms with Gasteiger partial charge in [-0.3, -0.25) is 0 Å². The zero-order valence-electron chi connectivity index (χ0n) is 12.8. The van der Waals surface area contributed by atoms with Crippen molar-refractivity contribution in [2.24, 2.45) is 17.6 Å². The van der Waals surface area contributed by atoms with Gasteiger partial charge >= 0.3 is 12.3 Å². The van der Waals surface area contributed by atoms with Crippen molar-refractivity contribution >= 4 is 6.09 Å². The molecule has 1 atom stereocenters. The molecule has 3 N–H and O–H groups in total. The molecule has 1 unspecified atom stereocenters. The molecule has 0 aromatic carbocycles. The summed E-state index contributed by atoms with van der Waals surface area (Å²) in [4.78, 5) is 11.6. The fraction of sp³-hybridized carbons (Fsp3) is 0.929. The number of hydrogen-bond acceptors (Lipinski definition) is 3. The van der Waals surface area contributed by atoms with E-state index in [-0.39, 0.29) is 12.6 Å². The zero-order valence-corrected chi connectivity index (χ0v) is 12.8. The minimum absolute atomic E-state index is 0.122. The molecule has 0 aromatic heterocycles. The lowest BCUT2D eigenvalue weighted by Gasteiger charge is -2.34. The van der Waals surface area contributed by atoms with Crippen LogP contribution in [-0.4, -0.2) is 30.5 Å². The minimum atomic E-state index is -4.25. The second kappa shape index (κ2) is 6.85. The van der Waals surface area contributed by atoms with Crippen molar-refractivity contribution in [3.63, 3.8) is 0 Å². The number of carbonyl (C=O) groups excluding carboxylic acids is 1. The molecule has 1 rings (SSSR count). The molecule has 1 aliphatic rings. The van der Waals surface area contributed by atoms with Gasteiger partial charge in [0.05, 0.1) is 5.92 Å². The van der Waals surface area contributed by atoms with Crippen molar-refractivity contribution in [3.05, 3.63) is 0 Å². The van der Waals surface area contributed by atoms with E-state index >= 15 is 0 Å². The number of alkyl halides is 3. The van der Waals surface area contributed by atoms with Crippen LogP contribution in [0.2, 0.25) is 0 Å². The summed E-state index contributed by atoms with van der Waals surface area (Å²) < 4.78 is 43.6. The Morgan fingerprint density at radius 1 is 1.24 bits per heavy atom. The van der Waals surface area contributed by atoms with E-state index in [1.54, 1.807) is 20.8 Å². The third-order valence-corrected chi connectivity index (χ3v) is 3.74. The van der Waals surface area contributed by atoms with Gasteiger partial charge in [0.2, 0.25) is 0 Å². The molecule has 1 saturated carbocycles. The number of nitrogens with two attached hydrogens (primary N) is 1. The second-order valence-corrected chi connectivity index (χ2v) is 6.64. The predicted molar refractivity (Wildman–Crippen MR) is 73.7 cm³/mol. The molecule has 1 amide bonds. The van der Waals surface area contributed by atoms with E-state index < -0.39 is 29.7 Å². The number of halogens is 3. The SMILES string of the molecule is CC(C)(C)OC(=O)NC1CCC(C(CN)C(F)(F)F)CC1. The summed E-state index contributed by atoms with van der Waals surface area (Å²) in [5, 5.41) is 2.72. The molecule has 4 nitrogen and oxygen atoms in total. The van der Waals surface area contributed by atoms with Crippen molar-refractivity contribution in [2.75, 3.05) is 6.54 Å². The molecule has 1 fully saturated rings. The van der Waals surface area contributed by atoms with Crippen LogP contribution in [0.25, 0.3) is 0 Å². The van der Waals surface area contributed by atoms with Crippen LogP contribution in [0.15, 0.2) is 0 Å². The topological polar surface area (TPSA) is 64.3 Å². The number of alkyl carbamates (subject to hydrolysis) is 1. The van der Waals surface area contributed by atoms with Gasteiger partial charge in [-0.1, -0.05) is 0 Å². The van der Waals surface area contributed by atoms with Gasteiger partial charge in [-0.05, 0) is 52.4 Å². The van der Waals surface area contributed by atoms with E-state index in [0.717, 1.165) is 0 Å². The first-order chi connectivity index (χ1) is 9.53. The molecule has 0 spiro atoms. The second-order valence-electron chi connectivity index (χ2n) is 6.64. The number of nitrogens with one attached hydrogen (secondary N) is 1. The largest absolute Gasteiger partial charge is 0.444 e. The first-order valence-electron chi connectivity index (χ1n) is 7.29. The van der Waals surface area contributed by atoms with Crippen molar-refractivity contribution < 1.29 is 22.7 Å². The molecule has 1 aliphatic carbocycles. The summed E-state index contributed by atoms with van der Waals surface area (Å²) in [7, 11) is 0. The van der Waals surface area contributed by atoms with Gasteiger partial charge in [0.25, 0.3) is 0 Å². The van der Waals surface area contributed by atoms with Crippen molar-refractivity contribution in [1.29, 1.82) is 0 Å². The molecule has 0 bridgehead atoms. The molecular formula is C14H25F3N2O2. The van der Waals surface area contributed by atoms with Gasteiger partial charge in [0, 0.05) is 12.6 Å². The highest BCUT2D eigenvalue weighted by atomic mass is 19.4. The predicted octanol–water partition coefficient (Wildman–Crippen LogP) is 3.21. The van der Waals surface area contributed by atoms with Gasteiger partial charge in [-0.25, -0.2) is 4.79 Å². The van der Waals surface area contributed by atoms with Crippen LogP contribution >= 0.6 is 0 Å². The fourth-order valence-corrected chi connectivity index (χ4v) is 2.73. The smallest absolute Gasteiger partial charge is 0.407 e. The lowest BCUT2D eigenvalue weighted by molar-refractivity contribution is -0.188. The van der Waals surface area contributed by atoms with Crippen LogP contribution in [0, 0.1) is 11.8 Å². The maximum atomic E-state index is 12.8. The van der Waals surface area contributed by atoms with Crippen LogP contribution in [0.3, 0.4) is 0 Å². The van der Waals surface area contributed by atoms with E-state index in [1.807, 2.05) is 0 Å². The summed E-state index contributed by atoms with van der Waals surface area (Å²) in [6, 6.07) is -0.122. The maximum absolute atomic E-state index is 12.8. The number of carbonyl (C=O) groups is 1. The number of rotatable bonds is 3. The molecule has 0 saturated heterocycles. The Bertz CT molecular complexity index is 345. The van der Waals surface area contributed by atoms with Crippen molar-refractivity contribution in [3.8, 4) is 0 Å². The van der Waals surface area contributed by atoms with E-state index in [4.69, 9.17) is 10.5 Å². The van der Waals surface area contributed by atoms with E-state index in [2.05, 4.69) is 5.32 Å². The summed E-state index contributed by atoms with van der Waals surface area (Å²) in [6.07, 6.45) is -2.88. The normalized spacial score (nSPS) is 25.3. The lowest BCUT2D eigenvalue weighted by Crippen LogP contribution is -2.44. The van der Waals surface area contributed by atoms with E-state index in [1.165, 1.54) is 0 Å². The van der Waals surface area contributed by atoms with E-state index in [0.29, 0.717) is 25.7 Å². The standard InChI is InChI=1S/C14H25F3N2O2/c1-13(2,3)21-12(20)19-10-6-4-9(5-7-10)11(8-18)14(15,16)17/h9-11H,4-8,18H2,1-3H3,(H,19,20). The highest BCUT2D eigenvalue weighted by molar-refractivity contribution is 5.68. The Kier molecular flexibility index (Phi) is 5.90. The Morgan fingerprint density at radius 3 is 2.14 bits per heavy atom. The maximum Gasteiger partial charge on any atom is 0.407 e. The van der Waals surface area contributed by atoms with Gasteiger partial charge in [-0.15, -0.1) is 0 Å². The third kappa shape index (κ3) is 6.11. The minimum Gasteiger partial charge on any atom is -0.444 e. The van der Waals surface area contributed by atoms with E-state index in [9.17, 15) is 18.0 Å². The summed E-state index contributed by atoms with van der Waals surface area (Å²) in [5.41, 5.74) is 4.68. The van der Waals surface area contributed by atoms with Gasteiger partial charge in [0.1, 0.15) is 5.60 Å². The molecule has 0 aliphatic heterocycles. The average Bonchev–Trinajstić information content (AvgIpc) is 2.27. The van der Waals surface area contributed by atoms with Gasteiger partial charge in [-0.2, -0.15) is 13.2 Å². The molecule has 0 heterocycles. The van der Waals surface area contributed by atoms with Crippen LogP contribution < -0.4 is 11.1 Å². The fourth-order valence-electron chi connectivity index (χ4n) is 2.73. The highest BCUT2D eigenvalue weighted by Crippen LogP contribution is 2.39. The molecular weight excluding hydrogens is 285 g/mol. The molecule has 21 heavy (non-hydrogen) atoms. The Morgan fingerprint density at radius 2 is 1.76 bits per heavy atom. The number of ether oxygens (including phenoxy) is 1. The van der Waals surface area contributed by atoms with Gasteiger partial charge < -0.3 is 15.8 Å². The molecule has 7 heteroatoms. The van der Waals surface area contributed by atoms with Gasteiger partial charge in [0.15, 0.2) is 0 Å². The number of hydrogen-bond donors (Lipinski definition) is 2. The monoisotopic (exact) mass is 310 g/mol. The Hall–Kier alpha value is -0.980. The summed E-state index contributed by atoms with van der Waals surface area (Å²) in [6.45, 7) is 4.91. The molecule has 0 radical (unpaired) electrons. The Labute approximate surface area is 123 Å². The number of amides is 1. The van der Waals surface area contributed by atoms with Crippen LogP contribution in [0.4, 0.5) is 18.0 Å². The molecule has 124 valence electrons. The molecule has 0 aromatic rings. The van der Waals surface area contributed by atoms with Crippen molar-refractivity contribution in [2.45, 2.75) is 64.3 Å². The quantitative estimate of drug-likeness (QED) is 0.841. The first-order valence-corrected chi connectivity index (χ1v) is 7.29. The first kappa shape index (κ1) is 18.1. The zero-order chi connectivity index (χ0) is 16.3. The van der Waals surface area contributed by atoms with Crippen LogP contribution in [0.5, 0.6) is 0 Å². The third-order valence-electron chi connectivity index (χ3n) is 3.74. The van der Waals surface area contributed by atoms with Crippen LogP contribution in [-0.2, 0) is 4.74 Å². The lowest BCUT2D eigenvalue weighted by atomic mass is 9.78. The summed E-state index contributed by atoms with van der Waals surface area (Å²) in [5.74, 6) is -1.90. The van der Waals surface area contributed by atoms with Crippen LogP contribution in [0.1, 0.15) is 46.5 Å². The average molecular weight is 310 g/mol. The highest BCUT2D eigenvalue weighted by Gasteiger charge is 2.44. The summed E-state index contributed by atoms with van der Waals surface area (Å²) >= 11 is 0. The van der Waals surface area contributed by atoms with Crippen molar-refractivity contribution in [1.82, 2.24) is 5.32 Å².